The molecule has 1 aliphatic carbocycles. The summed E-state index contributed by atoms with van der Waals surface area (Å²) in [6.45, 7) is 1.79. The van der Waals surface area contributed by atoms with Gasteiger partial charge in [0.2, 0.25) is 5.91 Å². The number of alkyl carbamates (subject to hydrolysis) is 1. The Balaban J connectivity index is 1.14. The molecule has 7 heteroatoms. The summed E-state index contributed by atoms with van der Waals surface area (Å²) in [6, 6.07) is 16.4. The Labute approximate surface area is 187 Å². The lowest BCUT2D eigenvalue weighted by molar-refractivity contribution is -0.145. The van der Waals surface area contributed by atoms with Gasteiger partial charge in [-0.1, -0.05) is 48.5 Å². The molecule has 2 aromatic carbocycles. The number of benzene rings is 2. The van der Waals surface area contributed by atoms with Gasteiger partial charge in [0.15, 0.2) is 0 Å². The summed E-state index contributed by atoms with van der Waals surface area (Å²) in [5, 5.41) is 11.5. The van der Waals surface area contributed by atoms with Crippen LogP contribution in [-0.2, 0) is 14.3 Å². The van der Waals surface area contributed by atoms with Crippen molar-refractivity contribution in [2.24, 2.45) is 5.92 Å². The van der Waals surface area contributed by atoms with Gasteiger partial charge in [-0.2, -0.15) is 0 Å². The van der Waals surface area contributed by atoms with Crippen molar-refractivity contribution in [3.63, 3.8) is 0 Å². The predicted octanol–water partition coefficient (Wildman–Crippen LogP) is 3.63. The second-order valence-corrected chi connectivity index (χ2v) is 8.47. The van der Waals surface area contributed by atoms with Crippen molar-refractivity contribution in [1.29, 1.82) is 0 Å². The number of carbonyl (C=O) groups is 3. The van der Waals surface area contributed by atoms with Crippen LogP contribution in [0.15, 0.2) is 48.5 Å². The van der Waals surface area contributed by atoms with Crippen LogP contribution in [-0.4, -0.2) is 54.2 Å². The van der Waals surface area contributed by atoms with Gasteiger partial charge in [-0.25, -0.2) is 4.79 Å². The molecule has 1 saturated heterocycles. The molecule has 0 atom stereocenters. The van der Waals surface area contributed by atoms with Crippen molar-refractivity contribution < 1.29 is 24.2 Å². The van der Waals surface area contributed by atoms with Crippen LogP contribution in [0.5, 0.6) is 0 Å². The normalized spacial score (nSPS) is 14.9. The summed E-state index contributed by atoms with van der Waals surface area (Å²) in [7, 11) is 0. The first-order valence-electron chi connectivity index (χ1n) is 11.1. The van der Waals surface area contributed by atoms with Crippen LogP contribution in [0, 0.1) is 5.92 Å². The van der Waals surface area contributed by atoms with Gasteiger partial charge in [0.25, 0.3) is 0 Å². The molecule has 2 aliphatic rings. The predicted molar refractivity (Wildman–Crippen MR) is 119 cm³/mol. The Morgan fingerprint density at radius 2 is 1.59 bits per heavy atom. The molecular formula is C25H28N2O5. The third kappa shape index (κ3) is 4.93. The molecule has 2 aromatic rings. The number of carbonyl (C=O) groups excluding carboxylic acids is 2. The number of carboxylic acid groups (broad SMARTS) is 1. The molecule has 0 aromatic heterocycles. The first-order chi connectivity index (χ1) is 15.5. The highest BCUT2D eigenvalue weighted by atomic mass is 16.5. The molecule has 0 spiro atoms. The number of hydrogen-bond donors (Lipinski definition) is 2. The largest absolute Gasteiger partial charge is 0.481 e. The summed E-state index contributed by atoms with van der Waals surface area (Å²) in [5.74, 6) is -0.659. The summed E-state index contributed by atoms with van der Waals surface area (Å²) in [6.07, 6.45) is 1.43. The maximum absolute atomic E-state index is 12.2. The number of nitrogens with zero attached hydrogens (tertiary/aromatic N) is 1. The van der Waals surface area contributed by atoms with E-state index in [1.165, 1.54) is 22.3 Å². The molecule has 2 N–H and O–H groups in total. The molecule has 0 unspecified atom stereocenters. The number of ether oxygens (including phenoxy) is 1. The van der Waals surface area contributed by atoms with Gasteiger partial charge in [0.05, 0.1) is 6.42 Å². The van der Waals surface area contributed by atoms with Crippen LogP contribution in [0.3, 0.4) is 0 Å². The molecule has 0 saturated carbocycles. The Kier molecular flexibility index (Phi) is 6.73. The summed E-state index contributed by atoms with van der Waals surface area (Å²) >= 11 is 0. The zero-order valence-electron chi connectivity index (χ0n) is 18.0. The Bertz CT molecular complexity index is 954. The number of amides is 2. The molecule has 1 heterocycles. The number of likely N-dealkylation sites (tertiary alicyclic amines) is 1. The van der Waals surface area contributed by atoms with Gasteiger partial charge in [0, 0.05) is 37.9 Å². The first-order valence-corrected chi connectivity index (χ1v) is 11.1. The second-order valence-electron chi connectivity index (χ2n) is 8.47. The molecule has 0 radical (unpaired) electrons. The fourth-order valence-electron chi connectivity index (χ4n) is 4.55. The van der Waals surface area contributed by atoms with E-state index in [4.69, 9.17) is 9.84 Å². The van der Waals surface area contributed by atoms with E-state index >= 15 is 0 Å². The van der Waals surface area contributed by atoms with E-state index in [9.17, 15) is 14.4 Å². The van der Waals surface area contributed by atoms with Crippen molar-refractivity contribution in [2.45, 2.75) is 31.6 Å². The third-order valence-electron chi connectivity index (χ3n) is 6.20. The summed E-state index contributed by atoms with van der Waals surface area (Å²) in [5.41, 5.74) is 4.74. The zero-order valence-corrected chi connectivity index (χ0v) is 18.0. The number of aliphatic carboxylic acids is 1. The lowest BCUT2D eigenvalue weighted by Crippen LogP contribution is -2.50. The zero-order chi connectivity index (χ0) is 22.5. The van der Waals surface area contributed by atoms with Crippen LogP contribution in [0.25, 0.3) is 11.1 Å². The maximum atomic E-state index is 12.2. The number of fused-ring (bicyclic) bond motifs is 3. The number of hydrogen-bond acceptors (Lipinski definition) is 4. The van der Waals surface area contributed by atoms with E-state index < -0.39 is 12.1 Å². The fourth-order valence-corrected chi connectivity index (χ4v) is 4.55. The molecule has 168 valence electrons. The third-order valence-corrected chi connectivity index (χ3v) is 6.20. The van der Waals surface area contributed by atoms with E-state index in [-0.39, 0.29) is 30.8 Å². The SMILES string of the molecule is O=C(O)CC1CN(C(=O)CCCCNC(=O)OCC2c3ccccc3-c3ccccc32)C1. The maximum Gasteiger partial charge on any atom is 0.407 e. The van der Waals surface area contributed by atoms with Gasteiger partial charge in [-0.05, 0) is 35.1 Å². The highest BCUT2D eigenvalue weighted by Crippen LogP contribution is 2.44. The minimum Gasteiger partial charge on any atom is -0.481 e. The summed E-state index contributed by atoms with van der Waals surface area (Å²) in [4.78, 5) is 36.6. The number of unbranched alkanes of at least 4 members (excludes halogenated alkanes) is 1. The minimum absolute atomic E-state index is 0.0345. The van der Waals surface area contributed by atoms with Crippen LogP contribution in [0.4, 0.5) is 4.79 Å². The minimum atomic E-state index is -0.818. The molecule has 1 aliphatic heterocycles. The lowest BCUT2D eigenvalue weighted by atomic mass is 9.96. The highest BCUT2D eigenvalue weighted by Gasteiger charge is 2.31. The van der Waals surface area contributed by atoms with Gasteiger partial charge in [-0.15, -0.1) is 0 Å². The number of rotatable bonds is 9. The Hall–Kier alpha value is -3.35. The molecule has 1 fully saturated rings. The lowest BCUT2D eigenvalue weighted by Gasteiger charge is -2.38. The van der Waals surface area contributed by atoms with Crippen LogP contribution >= 0.6 is 0 Å². The molecule has 0 bridgehead atoms. The van der Waals surface area contributed by atoms with Crippen LogP contribution in [0.1, 0.15) is 42.7 Å². The molecule has 2 amide bonds. The van der Waals surface area contributed by atoms with Gasteiger partial charge in [0.1, 0.15) is 6.61 Å². The van der Waals surface area contributed by atoms with Gasteiger partial charge in [-0.3, -0.25) is 9.59 Å². The second kappa shape index (κ2) is 9.85. The van der Waals surface area contributed by atoms with E-state index in [0.29, 0.717) is 38.9 Å². The van der Waals surface area contributed by atoms with E-state index in [1.807, 2.05) is 24.3 Å². The average molecular weight is 437 g/mol. The van der Waals surface area contributed by atoms with Gasteiger partial charge >= 0.3 is 12.1 Å². The fraction of sp³-hybridized carbons (Fsp3) is 0.400. The highest BCUT2D eigenvalue weighted by molar-refractivity contribution is 5.79. The average Bonchev–Trinajstić information content (AvgIpc) is 3.08. The van der Waals surface area contributed by atoms with E-state index in [0.717, 1.165) is 0 Å². The van der Waals surface area contributed by atoms with E-state index in [1.54, 1.807) is 4.90 Å². The molecular weight excluding hydrogens is 408 g/mol. The molecule has 32 heavy (non-hydrogen) atoms. The van der Waals surface area contributed by atoms with Crippen molar-refractivity contribution in [3.05, 3.63) is 59.7 Å². The van der Waals surface area contributed by atoms with Crippen molar-refractivity contribution >= 4 is 18.0 Å². The molecule has 7 nitrogen and oxygen atoms in total. The van der Waals surface area contributed by atoms with Gasteiger partial charge < -0.3 is 20.1 Å². The van der Waals surface area contributed by atoms with Crippen LogP contribution in [0.2, 0.25) is 0 Å². The molecule has 4 rings (SSSR count). The Morgan fingerprint density at radius 1 is 0.969 bits per heavy atom. The number of nitrogens with one attached hydrogen (secondary N) is 1. The Morgan fingerprint density at radius 3 is 2.22 bits per heavy atom. The summed E-state index contributed by atoms with van der Waals surface area (Å²) < 4.78 is 5.50. The quantitative estimate of drug-likeness (QED) is 0.585. The smallest absolute Gasteiger partial charge is 0.407 e. The van der Waals surface area contributed by atoms with Crippen molar-refractivity contribution in [3.8, 4) is 11.1 Å². The van der Waals surface area contributed by atoms with Crippen molar-refractivity contribution in [1.82, 2.24) is 10.2 Å². The first kappa shape index (κ1) is 21.9. The van der Waals surface area contributed by atoms with Crippen molar-refractivity contribution in [2.75, 3.05) is 26.2 Å². The monoisotopic (exact) mass is 436 g/mol. The topological polar surface area (TPSA) is 95.9 Å². The van der Waals surface area contributed by atoms with E-state index in [2.05, 4.69) is 29.6 Å². The number of carboxylic acids is 1. The van der Waals surface area contributed by atoms with Crippen LogP contribution < -0.4 is 5.32 Å². The standard InChI is InChI=1S/C25H28N2O5/c28-23(27-14-17(15-27)13-24(29)30)11-5-6-12-26-25(31)32-16-22-20-9-3-1-7-18(20)19-8-2-4-10-21(19)22/h1-4,7-10,17,22H,5-6,11-16H2,(H,26,31)(H,29,30).